The van der Waals surface area contributed by atoms with E-state index in [1.807, 2.05) is 0 Å². The zero-order valence-electron chi connectivity index (χ0n) is 8.32. The van der Waals surface area contributed by atoms with Gasteiger partial charge in [0.05, 0.1) is 0 Å². The summed E-state index contributed by atoms with van der Waals surface area (Å²) in [4.78, 5) is 21.0. The van der Waals surface area contributed by atoms with Gasteiger partial charge in [0, 0.05) is 18.1 Å². The first-order valence-corrected chi connectivity index (χ1v) is 4.40. The van der Waals surface area contributed by atoms with Crippen molar-refractivity contribution in [1.82, 2.24) is 0 Å². The van der Waals surface area contributed by atoms with Gasteiger partial charge in [0.15, 0.2) is 12.9 Å². The van der Waals surface area contributed by atoms with Crippen molar-refractivity contribution < 1.29 is 14.3 Å². The van der Waals surface area contributed by atoms with Gasteiger partial charge in [-0.05, 0) is 6.07 Å². The Kier molecular flexibility index (Phi) is 4.11. The lowest BCUT2D eigenvalue weighted by Crippen LogP contribution is -1.97. The maximum atomic E-state index is 10.6. The normalized spacial score (nSPS) is 8.60. The summed E-state index contributed by atoms with van der Waals surface area (Å²) in [7, 11) is 0. The number of aldehydes is 1. The van der Waals surface area contributed by atoms with E-state index in [0.717, 1.165) is 6.29 Å². The van der Waals surface area contributed by atoms with Crippen LogP contribution in [0.25, 0.3) is 0 Å². The maximum absolute atomic E-state index is 10.6. The first kappa shape index (κ1) is 11.0. The first-order chi connectivity index (χ1) is 7.24. The summed E-state index contributed by atoms with van der Waals surface area (Å²) in [6.45, 7) is 1.36. The second kappa shape index (κ2) is 5.61. The van der Waals surface area contributed by atoms with E-state index in [1.165, 1.54) is 6.92 Å². The molecule has 0 spiro atoms. The van der Waals surface area contributed by atoms with E-state index in [4.69, 9.17) is 0 Å². The molecule has 15 heavy (non-hydrogen) atoms. The van der Waals surface area contributed by atoms with E-state index in [-0.39, 0.29) is 12.6 Å². The molecule has 3 heteroatoms. The highest BCUT2D eigenvalue weighted by Gasteiger charge is 1.95. The molecular formula is C12H10O3. The fourth-order valence-electron chi connectivity index (χ4n) is 0.983. The van der Waals surface area contributed by atoms with Crippen LogP contribution >= 0.6 is 0 Å². The Hall–Kier alpha value is -2.08. The minimum absolute atomic E-state index is 0.0442. The number of esters is 1. The van der Waals surface area contributed by atoms with Crippen LogP contribution in [0.15, 0.2) is 24.3 Å². The molecule has 0 atom stereocenters. The van der Waals surface area contributed by atoms with Gasteiger partial charge < -0.3 is 4.74 Å². The Bertz CT molecular complexity index is 424. The second-order valence-electron chi connectivity index (χ2n) is 2.79. The van der Waals surface area contributed by atoms with E-state index in [1.54, 1.807) is 24.3 Å². The van der Waals surface area contributed by atoms with Gasteiger partial charge >= 0.3 is 5.97 Å². The lowest BCUT2D eigenvalue weighted by Gasteiger charge is -1.94. The highest BCUT2D eigenvalue weighted by Crippen LogP contribution is 2.03. The summed E-state index contributed by atoms with van der Waals surface area (Å²) in [5.41, 5.74) is 1.17. The SMILES string of the molecule is CC(=O)OCC#Cc1ccccc1C=O. The molecule has 0 heterocycles. The fourth-order valence-corrected chi connectivity index (χ4v) is 0.983. The molecule has 0 aliphatic heterocycles. The summed E-state index contributed by atoms with van der Waals surface area (Å²) in [6.07, 6.45) is 0.746. The van der Waals surface area contributed by atoms with Crippen LogP contribution in [0.4, 0.5) is 0 Å². The number of carbonyl (C=O) groups is 2. The molecule has 0 unspecified atom stereocenters. The second-order valence-corrected chi connectivity index (χ2v) is 2.79. The molecule has 0 N–H and O–H groups in total. The zero-order valence-corrected chi connectivity index (χ0v) is 8.32. The molecule has 0 aromatic heterocycles. The summed E-state index contributed by atoms with van der Waals surface area (Å²) in [5, 5.41) is 0. The number of hydrogen-bond donors (Lipinski definition) is 0. The van der Waals surface area contributed by atoms with Crippen LogP contribution in [0.3, 0.4) is 0 Å². The Labute approximate surface area is 88.1 Å². The Balaban J connectivity index is 2.70. The monoisotopic (exact) mass is 202 g/mol. The van der Waals surface area contributed by atoms with Crippen molar-refractivity contribution in [1.29, 1.82) is 0 Å². The predicted octanol–water partition coefficient (Wildman–Crippen LogP) is 1.41. The molecule has 0 bridgehead atoms. The molecule has 1 aromatic rings. The topological polar surface area (TPSA) is 43.4 Å². The largest absolute Gasteiger partial charge is 0.453 e. The lowest BCUT2D eigenvalue weighted by molar-refractivity contribution is -0.139. The van der Waals surface area contributed by atoms with Gasteiger partial charge in [0.1, 0.15) is 0 Å². The minimum atomic E-state index is -0.368. The van der Waals surface area contributed by atoms with Crippen LogP contribution in [0.1, 0.15) is 22.8 Å². The average molecular weight is 202 g/mol. The Morgan fingerprint density at radius 3 is 2.87 bits per heavy atom. The number of rotatable bonds is 2. The van der Waals surface area contributed by atoms with Crippen molar-refractivity contribution in [3.8, 4) is 11.8 Å². The molecular weight excluding hydrogens is 192 g/mol. The Morgan fingerprint density at radius 1 is 1.47 bits per heavy atom. The molecule has 0 aliphatic carbocycles. The fraction of sp³-hybridized carbons (Fsp3) is 0.167. The van der Waals surface area contributed by atoms with E-state index in [0.29, 0.717) is 11.1 Å². The molecule has 3 nitrogen and oxygen atoms in total. The van der Waals surface area contributed by atoms with Gasteiger partial charge in [-0.2, -0.15) is 0 Å². The van der Waals surface area contributed by atoms with Gasteiger partial charge in [0.2, 0.25) is 0 Å². The van der Waals surface area contributed by atoms with Gasteiger partial charge in [0.25, 0.3) is 0 Å². The third-order valence-corrected chi connectivity index (χ3v) is 1.66. The highest BCUT2D eigenvalue weighted by molar-refractivity contribution is 5.79. The number of carbonyl (C=O) groups excluding carboxylic acids is 2. The molecule has 1 aromatic carbocycles. The summed E-state index contributed by atoms with van der Waals surface area (Å²) < 4.78 is 4.64. The predicted molar refractivity (Wildman–Crippen MR) is 55.3 cm³/mol. The summed E-state index contributed by atoms with van der Waals surface area (Å²) in [6, 6.07) is 6.98. The molecule has 0 saturated heterocycles. The van der Waals surface area contributed by atoms with Gasteiger partial charge in [-0.1, -0.05) is 30.0 Å². The van der Waals surface area contributed by atoms with Crippen LogP contribution in [0.2, 0.25) is 0 Å². The van der Waals surface area contributed by atoms with E-state index in [9.17, 15) is 9.59 Å². The van der Waals surface area contributed by atoms with Crippen LogP contribution in [-0.4, -0.2) is 18.9 Å². The van der Waals surface area contributed by atoms with Crippen molar-refractivity contribution in [3.05, 3.63) is 35.4 Å². The minimum Gasteiger partial charge on any atom is -0.453 e. The number of hydrogen-bond acceptors (Lipinski definition) is 3. The van der Waals surface area contributed by atoms with Crippen molar-refractivity contribution in [2.45, 2.75) is 6.92 Å². The lowest BCUT2D eigenvalue weighted by atomic mass is 10.1. The van der Waals surface area contributed by atoms with Gasteiger partial charge in [-0.25, -0.2) is 0 Å². The Morgan fingerprint density at radius 2 is 2.20 bits per heavy atom. The van der Waals surface area contributed by atoms with E-state index < -0.39 is 0 Å². The number of benzene rings is 1. The van der Waals surface area contributed by atoms with Crippen LogP contribution in [-0.2, 0) is 9.53 Å². The third kappa shape index (κ3) is 3.65. The molecule has 0 fully saturated rings. The van der Waals surface area contributed by atoms with Gasteiger partial charge in [-0.3, -0.25) is 9.59 Å². The van der Waals surface area contributed by atoms with Crippen molar-refractivity contribution >= 4 is 12.3 Å². The first-order valence-electron chi connectivity index (χ1n) is 4.40. The molecule has 0 amide bonds. The molecule has 0 saturated carbocycles. The van der Waals surface area contributed by atoms with Crippen molar-refractivity contribution in [2.75, 3.05) is 6.61 Å². The molecule has 0 aliphatic rings. The summed E-state index contributed by atoms with van der Waals surface area (Å²) in [5.74, 6) is 5.05. The average Bonchev–Trinajstić information content (AvgIpc) is 2.24. The standard InChI is InChI=1S/C12H10O3/c1-10(14)15-8-4-7-11-5-2-3-6-12(11)9-13/h2-3,5-6,9H,8H2,1H3. The smallest absolute Gasteiger partial charge is 0.303 e. The van der Waals surface area contributed by atoms with Gasteiger partial charge in [-0.15, -0.1) is 0 Å². The van der Waals surface area contributed by atoms with Crippen molar-refractivity contribution in [3.63, 3.8) is 0 Å². The maximum Gasteiger partial charge on any atom is 0.303 e. The third-order valence-electron chi connectivity index (χ3n) is 1.66. The molecule has 0 radical (unpaired) electrons. The van der Waals surface area contributed by atoms with E-state index >= 15 is 0 Å². The highest BCUT2D eigenvalue weighted by atomic mass is 16.5. The zero-order chi connectivity index (χ0) is 11.1. The van der Waals surface area contributed by atoms with Crippen molar-refractivity contribution in [2.24, 2.45) is 0 Å². The van der Waals surface area contributed by atoms with Crippen LogP contribution < -0.4 is 0 Å². The summed E-state index contributed by atoms with van der Waals surface area (Å²) >= 11 is 0. The quantitative estimate of drug-likeness (QED) is 0.414. The van der Waals surface area contributed by atoms with Crippen LogP contribution in [0, 0.1) is 11.8 Å². The molecule has 1 rings (SSSR count). The number of ether oxygens (including phenoxy) is 1. The van der Waals surface area contributed by atoms with E-state index in [2.05, 4.69) is 16.6 Å². The van der Waals surface area contributed by atoms with Crippen LogP contribution in [0.5, 0.6) is 0 Å². The molecule has 76 valence electrons.